The molecule has 0 aliphatic carbocycles. The van der Waals surface area contributed by atoms with Crippen molar-refractivity contribution in [2.75, 3.05) is 13.1 Å². The predicted octanol–water partition coefficient (Wildman–Crippen LogP) is 14.2. The zero-order valence-corrected chi connectivity index (χ0v) is 28.9. The third-order valence-corrected chi connectivity index (χ3v) is 8.73. The molecule has 0 unspecified atom stereocenters. The van der Waals surface area contributed by atoms with Gasteiger partial charge in [0.15, 0.2) is 0 Å². The lowest BCUT2D eigenvalue weighted by Gasteiger charge is -2.05. The van der Waals surface area contributed by atoms with E-state index in [4.69, 9.17) is 0 Å². The van der Waals surface area contributed by atoms with E-state index in [-0.39, 0.29) is 0 Å². The Morgan fingerprint density at radius 3 is 0.756 bits per heavy atom. The fraction of sp³-hybridized carbons (Fsp3) is 0.900. The first-order chi connectivity index (χ1) is 20.4. The summed E-state index contributed by atoms with van der Waals surface area (Å²) in [5, 5.41) is 3.68. The van der Waals surface area contributed by atoms with Crippen molar-refractivity contribution in [3.8, 4) is 0 Å². The van der Waals surface area contributed by atoms with Crippen LogP contribution in [0.25, 0.3) is 0 Å². The van der Waals surface area contributed by atoms with Crippen LogP contribution in [0.5, 0.6) is 0 Å². The highest BCUT2D eigenvalue weighted by Crippen LogP contribution is 2.13. The van der Waals surface area contributed by atoms with Crippen LogP contribution >= 0.6 is 0 Å². The van der Waals surface area contributed by atoms with Crippen molar-refractivity contribution in [3.63, 3.8) is 0 Å². The Hall–Kier alpha value is -0.560. The molecule has 244 valence electrons. The molecule has 0 heterocycles. The van der Waals surface area contributed by atoms with Crippen LogP contribution in [0.3, 0.4) is 0 Å². The molecular formula is C40H79N. The fourth-order valence-corrected chi connectivity index (χ4v) is 5.83. The first-order valence-corrected chi connectivity index (χ1v) is 19.4. The molecule has 0 fully saturated rings. The summed E-state index contributed by atoms with van der Waals surface area (Å²) in [6.45, 7) is 7.06. The Labute approximate surface area is 261 Å². The number of hydrogen-bond acceptors (Lipinski definition) is 1. The van der Waals surface area contributed by atoms with Gasteiger partial charge in [-0.15, -0.1) is 0 Å². The maximum Gasteiger partial charge on any atom is -0.00489 e. The van der Waals surface area contributed by atoms with Crippen LogP contribution in [0, 0.1) is 0 Å². The number of unbranched alkanes of at least 4 members (excludes halogenated alkanes) is 28. The monoisotopic (exact) mass is 574 g/mol. The highest BCUT2D eigenvalue weighted by atomic mass is 14.8. The molecular weight excluding hydrogens is 494 g/mol. The fourth-order valence-electron chi connectivity index (χ4n) is 5.83. The summed E-state index contributed by atoms with van der Waals surface area (Å²) in [5.74, 6) is 0. The van der Waals surface area contributed by atoms with E-state index < -0.39 is 0 Å². The minimum atomic E-state index is 1.23. The molecule has 0 aromatic heterocycles. The standard InChI is InChI=1S/C40H79N/c1-3-5-7-9-11-13-15-17-19-21-23-25-27-29-31-33-35-37-39-41-40-38-36-34-32-30-28-26-24-22-20-18-16-14-12-10-8-6-4-2/h21-24,41H,3-20,25-40H2,1-2H3/b23-21-,24-22-. The molecule has 0 saturated carbocycles. The molecule has 0 aliphatic rings. The van der Waals surface area contributed by atoms with Gasteiger partial charge in [-0.25, -0.2) is 0 Å². The minimum absolute atomic E-state index is 1.23. The summed E-state index contributed by atoms with van der Waals surface area (Å²) in [6.07, 6.45) is 54.8. The molecule has 0 atom stereocenters. The van der Waals surface area contributed by atoms with Crippen molar-refractivity contribution in [1.82, 2.24) is 5.32 Å². The molecule has 0 bridgehead atoms. The van der Waals surface area contributed by atoms with E-state index in [1.165, 1.54) is 219 Å². The maximum atomic E-state index is 3.68. The SMILES string of the molecule is CCCCCCCCCC/C=C\CCCCCCCCNCCCCCCCC/C=C\CCCCCCCCCC. The summed E-state index contributed by atoms with van der Waals surface area (Å²) in [7, 11) is 0. The Kier molecular flexibility index (Phi) is 38.9. The van der Waals surface area contributed by atoms with Gasteiger partial charge in [0, 0.05) is 0 Å². The predicted molar refractivity (Wildman–Crippen MR) is 190 cm³/mol. The van der Waals surface area contributed by atoms with Crippen molar-refractivity contribution in [2.24, 2.45) is 0 Å². The van der Waals surface area contributed by atoms with E-state index in [0.29, 0.717) is 0 Å². The van der Waals surface area contributed by atoms with Gasteiger partial charge in [-0.05, 0) is 77.3 Å². The van der Waals surface area contributed by atoms with Crippen molar-refractivity contribution in [3.05, 3.63) is 24.3 Å². The quantitative estimate of drug-likeness (QED) is 0.0580. The third kappa shape index (κ3) is 39.4. The van der Waals surface area contributed by atoms with Gasteiger partial charge in [0.05, 0.1) is 0 Å². The van der Waals surface area contributed by atoms with Crippen LogP contribution in [-0.4, -0.2) is 13.1 Å². The molecule has 0 aromatic rings. The van der Waals surface area contributed by atoms with Crippen molar-refractivity contribution >= 4 is 0 Å². The van der Waals surface area contributed by atoms with Gasteiger partial charge in [0.1, 0.15) is 0 Å². The number of rotatable bonds is 36. The summed E-state index contributed by atoms with van der Waals surface area (Å²) >= 11 is 0. The Morgan fingerprint density at radius 1 is 0.268 bits per heavy atom. The van der Waals surface area contributed by atoms with Crippen LogP contribution in [-0.2, 0) is 0 Å². The average molecular weight is 574 g/mol. The minimum Gasteiger partial charge on any atom is -0.317 e. The van der Waals surface area contributed by atoms with Crippen LogP contribution in [0.15, 0.2) is 24.3 Å². The smallest absolute Gasteiger partial charge is 0.00489 e. The molecule has 1 nitrogen and oxygen atoms in total. The second kappa shape index (κ2) is 39.4. The number of hydrogen-bond donors (Lipinski definition) is 1. The van der Waals surface area contributed by atoms with Crippen molar-refractivity contribution in [2.45, 2.75) is 219 Å². The zero-order chi connectivity index (χ0) is 29.6. The van der Waals surface area contributed by atoms with Gasteiger partial charge in [-0.1, -0.05) is 179 Å². The van der Waals surface area contributed by atoms with Gasteiger partial charge in [-0.2, -0.15) is 0 Å². The Balaban J connectivity index is 3.11. The lowest BCUT2D eigenvalue weighted by molar-refractivity contribution is 0.539. The molecule has 0 aromatic carbocycles. The molecule has 1 N–H and O–H groups in total. The topological polar surface area (TPSA) is 12.0 Å². The van der Waals surface area contributed by atoms with E-state index in [0.717, 1.165) is 0 Å². The first-order valence-electron chi connectivity index (χ1n) is 19.4. The molecule has 1 heteroatoms. The summed E-state index contributed by atoms with van der Waals surface area (Å²) in [4.78, 5) is 0. The molecule has 0 spiro atoms. The molecule has 0 aliphatic heterocycles. The van der Waals surface area contributed by atoms with Crippen LogP contribution in [0.1, 0.15) is 219 Å². The van der Waals surface area contributed by atoms with Crippen molar-refractivity contribution in [1.29, 1.82) is 0 Å². The number of nitrogens with one attached hydrogen (secondary N) is 1. The highest BCUT2D eigenvalue weighted by Gasteiger charge is 1.95. The van der Waals surface area contributed by atoms with Crippen LogP contribution < -0.4 is 5.32 Å². The van der Waals surface area contributed by atoms with Crippen LogP contribution in [0.2, 0.25) is 0 Å². The van der Waals surface area contributed by atoms with E-state index in [1.54, 1.807) is 0 Å². The van der Waals surface area contributed by atoms with E-state index in [1.807, 2.05) is 0 Å². The molecule has 41 heavy (non-hydrogen) atoms. The van der Waals surface area contributed by atoms with Gasteiger partial charge in [0.25, 0.3) is 0 Å². The number of allylic oxidation sites excluding steroid dienone is 4. The Morgan fingerprint density at radius 2 is 0.488 bits per heavy atom. The summed E-state index contributed by atoms with van der Waals surface area (Å²) in [5.41, 5.74) is 0. The molecule has 0 saturated heterocycles. The average Bonchev–Trinajstić information content (AvgIpc) is 2.98. The van der Waals surface area contributed by atoms with Crippen LogP contribution in [0.4, 0.5) is 0 Å². The van der Waals surface area contributed by atoms with Crippen molar-refractivity contribution < 1.29 is 0 Å². The lowest BCUT2D eigenvalue weighted by Crippen LogP contribution is -2.16. The second-order valence-corrected chi connectivity index (χ2v) is 13.0. The molecule has 0 amide bonds. The van der Waals surface area contributed by atoms with Gasteiger partial charge >= 0.3 is 0 Å². The first kappa shape index (κ1) is 40.4. The van der Waals surface area contributed by atoms with Gasteiger partial charge in [-0.3, -0.25) is 0 Å². The summed E-state index contributed by atoms with van der Waals surface area (Å²) < 4.78 is 0. The second-order valence-electron chi connectivity index (χ2n) is 13.0. The summed E-state index contributed by atoms with van der Waals surface area (Å²) in [6, 6.07) is 0. The lowest BCUT2D eigenvalue weighted by atomic mass is 10.1. The normalized spacial score (nSPS) is 12.0. The van der Waals surface area contributed by atoms with E-state index >= 15 is 0 Å². The third-order valence-electron chi connectivity index (χ3n) is 8.73. The molecule has 0 radical (unpaired) electrons. The van der Waals surface area contributed by atoms with E-state index in [2.05, 4.69) is 43.5 Å². The zero-order valence-electron chi connectivity index (χ0n) is 28.9. The maximum absolute atomic E-state index is 3.68. The van der Waals surface area contributed by atoms with Gasteiger partial charge < -0.3 is 5.32 Å². The van der Waals surface area contributed by atoms with Gasteiger partial charge in [0.2, 0.25) is 0 Å². The molecule has 0 rings (SSSR count). The Bertz CT molecular complexity index is 449. The largest absolute Gasteiger partial charge is 0.317 e. The van der Waals surface area contributed by atoms with E-state index in [9.17, 15) is 0 Å². The highest BCUT2D eigenvalue weighted by molar-refractivity contribution is 4.82.